The van der Waals surface area contributed by atoms with E-state index in [0.717, 1.165) is 12.8 Å². The Morgan fingerprint density at radius 1 is 1.18 bits per heavy atom. The van der Waals surface area contributed by atoms with E-state index in [0.29, 0.717) is 32.5 Å². The predicted molar refractivity (Wildman–Crippen MR) is 83.3 cm³/mol. The Balaban J connectivity index is 2.19. The molecule has 0 spiro atoms. The van der Waals surface area contributed by atoms with Crippen LogP contribution < -0.4 is 5.32 Å². The summed E-state index contributed by atoms with van der Waals surface area (Å²) in [6, 6.07) is 0. The zero-order chi connectivity index (χ0) is 16.8. The van der Waals surface area contributed by atoms with Crippen LogP contribution in [0, 0.1) is 11.3 Å². The lowest BCUT2D eigenvalue weighted by atomic mass is 9.93. The van der Waals surface area contributed by atoms with Gasteiger partial charge in [-0.2, -0.15) is 0 Å². The fourth-order valence-corrected chi connectivity index (χ4v) is 2.50. The summed E-state index contributed by atoms with van der Waals surface area (Å²) < 4.78 is 0. The SMILES string of the molecule is CC(C)(C)C(=O)NCCCC(=O)N1CCC(CC(=O)O)CC1. The number of piperidine rings is 1. The summed E-state index contributed by atoms with van der Waals surface area (Å²) in [5.74, 6) is -0.486. The molecule has 0 saturated carbocycles. The van der Waals surface area contributed by atoms with Crippen LogP contribution >= 0.6 is 0 Å². The van der Waals surface area contributed by atoms with Gasteiger partial charge in [-0.3, -0.25) is 14.4 Å². The second kappa shape index (κ2) is 8.15. The van der Waals surface area contributed by atoms with Crippen LogP contribution in [0.25, 0.3) is 0 Å². The number of nitrogens with one attached hydrogen (secondary N) is 1. The Morgan fingerprint density at radius 2 is 1.77 bits per heavy atom. The van der Waals surface area contributed by atoms with Gasteiger partial charge < -0.3 is 15.3 Å². The molecule has 0 aliphatic carbocycles. The van der Waals surface area contributed by atoms with Gasteiger partial charge in [0.1, 0.15) is 0 Å². The molecule has 6 heteroatoms. The first kappa shape index (κ1) is 18.5. The molecule has 0 unspecified atom stereocenters. The summed E-state index contributed by atoms with van der Waals surface area (Å²) in [6.45, 7) is 7.37. The highest BCUT2D eigenvalue weighted by Gasteiger charge is 2.24. The third-order valence-corrected chi connectivity index (χ3v) is 3.96. The molecule has 1 rings (SSSR count). The second-order valence-corrected chi connectivity index (χ2v) is 7.03. The molecule has 0 aromatic heterocycles. The van der Waals surface area contributed by atoms with Crippen LogP contribution in [-0.2, 0) is 14.4 Å². The van der Waals surface area contributed by atoms with Gasteiger partial charge in [-0.15, -0.1) is 0 Å². The maximum Gasteiger partial charge on any atom is 0.303 e. The number of carbonyl (C=O) groups excluding carboxylic acids is 2. The first-order valence-electron chi connectivity index (χ1n) is 7.98. The van der Waals surface area contributed by atoms with E-state index in [-0.39, 0.29) is 24.2 Å². The van der Waals surface area contributed by atoms with Gasteiger partial charge in [0.15, 0.2) is 0 Å². The van der Waals surface area contributed by atoms with Crippen molar-refractivity contribution in [3.8, 4) is 0 Å². The van der Waals surface area contributed by atoms with Gasteiger partial charge in [-0.05, 0) is 25.2 Å². The van der Waals surface area contributed by atoms with E-state index in [1.807, 2.05) is 25.7 Å². The minimum atomic E-state index is -0.764. The lowest BCUT2D eigenvalue weighted by molar-refractivity contribution is -0.139. The lowest BCUT2D eigenvalue weighted by Gasteiger charge is -2.31. The number of hydrogen-bond acceptors (Lipinski definition) is 3. The molecular weight excluding hydrogens is 284 g/mol. The molecule has 1 aliphatic rings. The van der Waals surface area contributed by atoms with E-state index in [1.165, 1.54) is 0 Å². The predicted octanol–water partition coefficient (Wildman–Crippen LogP) is 1.64. The van der Waals surface area contributed by atoms with E-state index in [2.05, 4.69) is 5.32 Å². The third-order valence-electron chi connectivity index (χ3n) is 3.96. The summed E-state index contributed by atoms with van der Waals surface area (Å²) in [5.41, 5.74) is -0.407. The van der Waals surface area contributed by atoms with Gasteiger partial charge in [0.25, 0.3) is 0 Å². The highest BCUT2D eigenvalue weighted by molar-refractivity contribution is 5.81. The van der Waals surface area contributed by atoms with E-state index < -0.39 is 11.4 Å². The van der Waals surface area contributed by atoms with Crippen molar-refractivity contribution in [1.82, 2.24) is 10.2 Å². The normalized spacial score (nSPS) is 16.4. The highest BCUT2D eigenvalue weighted by Crippen LogP contribution is 2.21. The number of carboxylic acid groups (broad SMARTS) is 1. The third kappa shape index (κ3) is 6.45. The van der Waals surface area contributed by atoms with Gasteiger partial charge in [-0.25, -0.2) is 0 Å². The van der Waals surface area contributed by atoms with Gasteiger partial charge in [0.2, 0.25) is 11.8 Å². The summed E-state index contributed by atoms with van der Waals surface area (Å²) in [7, 11) is 0. The quantitative estimate of drug-likeness (QED) is 0.730. The molecule has 0 aromatic carbocycles. The molecule has 2 N–H and O–H groups in total. The Hall–Kier alpha value is -1.59. The topological polar surface area (TPSA) is 86.7 Å². The molecule has 1 fully saturated rings. The van der Waals surface area contributed by atoms with Crippen LogP contribution in [0.5, 0.6) is 0 Å². The van der Waals surface area contributed by atoms with Crippen molar-refractivity contribution < 1.29 is 19.5 Å². The molecule has 1 saturated heterocycles. The number of hydrogen-bond donors (Lipinski definition) is 2. The van der Waals surface area contributed by atoms with Gasteiger partial charge in [0.05, 0.1) is 0 Å². The van der Waals surface area contributed by atoms with Crippen molar-refractivity contribution in [1.29, 1.82) is 0 Å². The van der Waals surface area contributed by atoms with E-state index in [9.17, 15) is 14.4 Å². The maximum atomic E-state index is 12.1. The molecule has 2 amide bonds. The van der Waals surface area contributed by atoms with E-state index >= 15 is 0 Å². The number of aliphatic carboxylic acids is 1. The highest BCUT2D eigenvalue weighted by atomic mass is 16.4. The molecule has 0 aromatic rings. The zero-order valence-electron chi connectivity index (χ0n) is 13.9. The zero-order valence-corrected chi connectivity index (χ0v) is 13.9. The summed E-state index contributed by atoms with van der Waals surface area (Å²) in [5, 5.41) is 11.6. The van der Waals surface area contributed by atoms with Crippen molar-refractivity contribution in [3.05, 3.63) is 0 Å². The van der Waals surface area contributed by atoms with Gasteiger partial charge >= 0.3 is 5.97 Å². The Labute approximate surface area is 132 Å². The number of nitrogens with zero attached hydrogens (tertiary/aromatic N) is 1. The van der Waals surface area contributed by atoms with Crippen molar-refractivity contribution in [3.63, 3.8) is 0 Å². The second-order valence-electron chi connectivity index (χ2n) is 7.03. The lowest BCUT2D eigenvalue weighted by Crippen LogP contribution is -2.39. The molecule has 6 nitrogen and oxygen atoms in total. The number of carbonyl (C=O) groups is 3. The molecule has 0 bridgehead atoms. The summed E-state index contributed by atoms with van der Waals surface area (Å²) in [6.07, 6.45) is 2.78. The number of carboxylic acids is 1. The van der Waals surface area contributed by atoms with E-state index in [4.69, 9.17) is 5.11 Å². The van der Waals surface area contributed by atoms with Gasteiger partial charge in [0, 0.05) is 37.9 Å². The van der Waals surface area contributed by atoms with Crippen LogP contribution in [0.4, 0.5) is 0 Å². The standard InChI is InChI=1S/C16H28N2O4/c1-16(2,3)15(22)17-8-4-5-13(19)18-9-6-12(7-10-18)11-14(20)21/h12H,4-11H2,1-3H3,(H,17,22)(H,20,21). The average molecular weight is 312 g/mol. The fraction of sp³-hybridized carbons (Fsp3) is 0.812. The summed E-state index contributed by atoms with van der Waals surface area (Å²) in [4.78, 5) is 36.2. The van der Waals surface area contributed by atoms with Crippen LogP contribution in [-0.4, -0.2) is 47.4 Å². The molecule has 0 radical (unpaired) electrons. The van der Waals surface area contributed by atoms with Crippen molar-refractivity contribution in [2.75, 3.05) is 19.6 Å². The van der Waals surface area contributed by atoms with Crippen molar-refractivity contribution in [2.24, 2.45) is 11.3 Å². The number of rotatable bonds is 6. The van der Waals surface area contributed by atoms with Gasteiger partial charge in [-0.1, -0.05) is 20.8 Å². The Kier molecular flexibility index (Phi) is 6.84. The first-order valence-corrected chi connectivity index (χ1v) is 7.98. The largest absolute Gasteiger partial charge is 0.481 e. The summed E-state index contributed by atoms with van der Waals surface area (Å²) >= 11 is 0. The first-order chi connectivity index (χ1) is 10.2. The maximum absolute atomic E-state index is 12.1. The molecule has 1 aliphatic heterocycles. The Bertz CT molecular complexity index is 407. The van der Waals surface area contributed by atoms with Crippen molar-refractivity contribution in [2.45, 2.75) is 52.9 Å². The van der Waals surface area contributed by atoms with Crippen LogP contribution in [0.15, 0.2) is 0 Å². The van der Waals surface area contributed by atoms with Crippen LogP contribution in [0.2, 0.25) is 0 Å². The van der Waals surface area contributed by atoms with Crippen LogP contribution in [0.1, 0.15) is 52.9 Å². The fourth-order valence-electron chi connectivity index (χ4n) is 2.50. The number of amides is 2. The molecule has 22 heavy (non-hydrogen) atoms. The minimum absolute atomic E-state index is 0.00515. The number of likely N-dealkylation sites (tertiary alicyclic amines) is 1. The van der Waals surface area contributed by atoms with Crippen LogP contribution in [0.3, 0.4) is 0 Å². The van der Waals surface area contributed by atoms with Crippen molar-refractivity contribution >= 4 is 17.8 Å². The van der Waals surface area contributed by atoms with E-state index in [1.54, 1.807) is 0 Å². The molecule has 0 atom stereocenters. The molecule has 126 valence electrons. The molecular formula is C16H28N2O4. The molecule has 1 heterocycles. The minimum Gasteiger partial charge on any atom is -0.481 e. The Morgan fingerprint density at radius 3 is 2.27 bits per heavy atom. The smallest absolute Gasteiger partial charge is 0.303 e. The monoisotopic (exact) mass is 312 g/mol. The average Bonchev–Trinajstić information content (AvgIpc) is 2.42.